The zero-order valence-corrected chi connectivity index (χ0v) is 8.83. The summed E-state index contributed by atoms with van der Waals surface area (Å²) in [7, 11) is 0. The third-order valence-electron chi connectivity index (χ3n) is 2.52. The average molecular weight is 211 g/mol. The van der Waals surface area contributed by atoms with Gasteiger partial charge < -0.3 is 10.6 Å². The van der Waals surface area contributed by atoms with E-state index in [1.165, 1.54) is 0 Å². The summed E-state index contributed by atoms with van der Waals surface area (Å²) in [6.07, 6.45) is 2.20. The van der Waals surface area contributed by atoms with Gasteiger partial charge in [0.15, 0.2) is 0 Å². The number of amides is 1. The summed E-state index contributed by atoms with van der Waals surface area (Å²) in [4.78, 5) is 17.6. The van der Waals surface area contributed by atoms with E-state index < -0.39 is 0 Å². The molecule has 1 aliphatic rings. The van der Waals surface area contributed by atoms with Gasteiger partial charge in [0, 0.05) is 30.6 Å². The molecule has 2 N–H and O–H groups in total. The summed E-state index contributed by atoms with van der Waals surface area (Å²) in [6.45, 7) is 2.67. The molecular weight excluding hydrogens is 198 g/mol. The summed E-state index contributed by atoms with van der Waals surface area (Å²) in [5.74, 6) is 0.139. The number of hydrogen-bond acceptors (Lipinski definition) is 4. The van der Waals surface area contributed by atoms with Crippen LogP contribution in [0.25, 0.3) is 0 Å². The molecule has 0 spiro atoms. The minimum Gasteiger partial charge on any atom is -0.332 e. The third-order valence-corrected chi connectivity index (χ3v) is 3.36. The first kappa shape index (κ1) is 9.61. The number of aromatic nitrogens is 1. The van der Waals surface area contributed by atoms with Crippen LogP contribution in [-0.2, 0) is 4.79 Å². The molecule has 1 aromatic heterocycles. The molecule has 2 atom stereocenters. The van der Waals surface area contributed by atoms with Crippen molar-refractivity contribution in [3.63, 3.8) is 0 Å². The zero-order valence-electron chi connectivity index (χ0n) is 8.01. The van der Waals surface area contributed by atoms with Crippen LogP contribution in [0, 0.1) is 0 Å². The Morgan fingerprint density at radius 3 is 3.14 bits per heavy atom. The Hall–Kier alpha value is -0.940. The van der Waals surface area contributed by atoms with Gasteiger partial charge in [0.2, 0.25) is 5.91 Å². The number of thiazole rings is 1. The van der Waals surface area contributed by atoms with Gasteiger partial charge >= 0.3 is 0 Å². The molecule has 76 valence electrons. The quantitative estimate of drug-likeness (QED) is 0.785. The Morgan fingerprint density at radius 2 is 2.57 bits per heavy atom. The normalized spacial score (nSPS) is 27.3. The Labute approximate surface area is 86.7 Å². The van der Waals surface area contributed by atoms with Crippen LogP contribution in [0.2, 0.25) is 0 Å². The van der Waals surface area contributed by atoms with E-state index in [0.29, 0.717) is 13.0 Å². The van der Waals surface area contributed by atoms with Crippen molar-refractivity contribution in [2.24, 2.45) is 5.73 Å². The van der Waals surface area contributed by atoms with Crippen molar-refractivity contribution in [1.29, 1.82) is 0 Å². The standard InChI is InChI=1S/C9H13N3OS/c1-2-12-7(13)5-6(10)8(12)9-11-3-4-14-9/h3-4,6,8H,2,5,10H2,1H3. The lowest BCUT2D eigenvalue weighted by atomic mass is 10.1. The average Bonchev–Trinajstić information content (AvgIpc) is 2.72. The predicted octanol–water partition coefficient (Wildman–Crippen LogP) is 0.764. The maximum Gasteiger partial charge on any atom is 0.224 e. The van der Waals surface area contributed by atoms with Gasteiger partial charge in [-0.2, -0.15) is 0 Å². The highest BCUT2D eigenvalue weighted by molar-refractivity contribution is 7.09. The summed E-state index contributed by atoms with van der Waals surface area (Å²) >= 11 is 1.56. The summed E-state index contributed by atoms with van der Waals surface area (Å²) in [6, 6.07) is -0.110. The van der Waals surface area contributed by atoms with Gasteiger partial charge in [-0.25, -0.2) is 4.98 Å². The second-order valence-corrected chi connectivity index (χ2v) is 4.29. The molecule has 1 saturated heterocycles. The highest BCUT2D eigenvalue weighted by Gasteiger charge is 2.38. The number of nitrogens with two attached hydrogens (primary N) is 1. The molecule has 14 heavy (non-hydrogen) atoms. The van der Waals surface area contributed by atoms with Gasteiger partial charge in [-0.1, -0.05) is 0 Å². The van der Waals surface area contributed by atoms with Crippen molar-refractivity contribution >= 4 is 17.2 Å². The number of hydrogen-bond donors (Lipinski definition) is 1. The van der Waals surface area contributed by atoms with Gasteiger partial charge in [0.05, 0.1) is 6.04 Å². The Bertz CT molecular complexity index is 325. The molecule has 2 heterocycles. The topological polar surface area (TPSA) is 59.2 Å². The van der Waals surface area contributed by atoms with Crippen molar-refractivity contribution in [2.45, 2.75) is 25.4 Å². The van der Waals surface area contributed by atoms with Crippen LogP contribution >= 0.6 is 11.3 Å². The first-order valence-corrected chi connectivity index (χ1v) is 5.56. The van der Waals surface area contributed by atoms with Crippen molar-refractivity contribution in [3.8, 4) is 0 Å². The molecule has 1 fully saturated rings. The molecule has 2 unspecified atom stereocenters. The summed E-state index contributed by atoms with van der Waals surface area (Å²) < 4.78 is 0. The molecule has 1 aliphatic heterocycles. The Morgan fingerprint density at radius 1 is 1.79 bits per heavy atom. The van der Waals surface area contributed by atoms with Crippen LogP contribution in [-0.4, -0.2) is 28.4 Å². The summed E-state index contributed by atoms with van der Waals surface area (Å²) in [5.41, 5.74) is 5.93. The zero-order chi connectivity index (χ0) is 10.1. The number of carbonyl (C=O) groups excluding carboxylic acids is 1. The van der Waals surface area contributed by atoms with Crippen LogP contribution in [0.4, 0.5) is 0 Å². The number of rotatable bonds is 2. The molecule has 0 aromatic carbocycles. The van der Waals surface area contributed by atoms with E-state index in [-0.39, 0.29) is 18.0 Å². The number of nitrogens with zero attached hydrogens (tertiary/aromatic N) is 2. The number of likely N-dealkylation sites (N-methyl/N-ethyl adjacent to an activating group) is 1. The van der Waals surface area contributed by atoms with Crippen LogP contribution < -0.4 is 5.73 Å². The highest BCUT2D eigenvalue weighted by Crippen LogP contribution is 2.32. The van der Waals surface area contributed by atoms with Crippen molar-refractivity contribution in [2.75, 3.05) is 6.54 Å². The third kappa shape index (κ3) is 1.42. The molecule has 4 nitrogen and oxygen atoms in total. The molecule has 1 aromatic rings. The van der Waals surface area contributed by atoms with Gasteiger partial charge in [-0.05, 0) is 6.92 Å². The van der Waals surface area contributed by atoms with Gasteiger partial charge in [-0.15, -0.1) is 11.3 Å². The fourth-order valence-electron chi connectivity index (χ4n) is 1.89. The van der Waals surface area contributed by atoms with E-state index in [1.807, 2.05) is 17.2 Å². The second-order valence-electron chi connectivity index (χ2n) is 3.36. The number of carbonyl (C=O) groups is 1. The largest absolute Gasteiger partial charge is 0.332 e. The maximum absolute atomic E-state index is 11.5. The Kier molecular flexibility index (Phi) is 2.52. The van der Waals surface area contributed by atoms with Gasteiger partial charge in [0.1, 0.15) is 5.01 Å². The minimum absolute atomic E-state index is 0.00694. The van der Waals surface area contributed by atoms with E-state index >= 15 is 0 Å². The van der Waals surface area contributed by atoms with Crippen LogP contribution in [0.1, 0.15) is 24.4 Å². The first-order chi connectivity index (χ1) is 6.74. The van der Waals surface area contributed by atoms with E-state index in [1.54, 1.807) is 17.5 Å². The van der Waals surface area contributed by atoms with E-state index in [0.717, 1.165) is 5.01 Å². The maximum atomic E-state index is 11.5. The Balaban J connectivity index is 2.28. The lowest BCUT2D eigenvalue weighted by Crippen LogP contribution is -2.32. The number of likely N-dealkylation sites (tertiary alicyclic amines) is 1. The van der Waals surface area contributed by atoms with E-state index in [2.05, 4.69) is 4.98 Å². The molecule has 0 saturated carbocycles. The van der Waals surface area contributed by atoms with Crippen molar-refractivity contribution in [3.05, 3.63) is 16.6 Å². The molecule has 0 bridgehead atoms. The first-order valence-electron chi connectivity index (χ1n) is 4.68. The molecular formula is C9H13N3OS. The van der Waals surface area contributed by atoms with Crippen molar-refractivity contribution in [1.82, 2.24) is 9.88 Å². The highest BCUT2D eigenvalue weighted by atomic mass is 32.1. The lowest BCUT2D eigenvalue weighted by Gasteiger charge is -2.23. The smallest absolute Gasteiger partial charge is 0.224 e. The monoisotopic (exact) mass is 211 g/mol. The molecule has 5 heteroatoms. The van der Waals surface area contributed by atoms with Gasteiger partial charge in [-0.3, -0.25) is 4.79 Å². The summed E-state index contributed by atoms with van der Waals surface area (Å²) in [5, 5.41) is 2.86. The predicted molar refractivity (Wildman–Crippen MR) is 54.8 cm³/mol. The fraction of sp³-hybridized carbons (Fsp3) is 0.556. The molecule has 0 aliphatic carbocycles. The second kappa shape index (κ2) is 3.67. The molecule has 1 amide bonds. The van der Waals surface area contributed by atoms with Crippen LogP contribution in [0.3, 0.4) is 0 Å². The lowest BCUT2D eigenvalue weighted by molar-refractivity contribution is -0.128. The molecule has 2 rings (SSSR count). The van der Waals surface area contributed by atoms with E-state index in [9.17, 15) is 4.79 Å². The fourth-order valence-corrected chi connectivity index (χ4v) is 2.71. The minimum atomic E-state index is -0.103. The molecule has 0 radical (unpaired) electrons. The van der Waals surface area contributed by atoms with Gasteiger partial charge in [0.25, 0.3) is 0 Å². The van der Waals surface area contributed by atoms with E-state index in [4.69, 9.17) is 5.73 Å². The van der Waals surface area contributed by atoms with Crippen molar-refractivity contribution < 1.29 is 4.79 Å². The SMILES string of the molecule is CCN1C(=O)CC(N)C1c1nccs1. The van der Waals surface area contributed by atoms with Crippen LogP contribution in [0.15, 0.2) is 11.6 Å². The van der Waals surface area contributed by atoms with Crippen LogP contribution in [0.5, 0.6) is 0 Å².